The maximum Gasteiger partial charge on any atom is 0.347 e. The van der Waals surface area contributed by atoms with Gasteiger partial charge >= 0.3 is 5.97 Å². The number of halogens is 1. The second-order valence-corrected chi connectivity index (χ2v) is 9.43. The summed E-state index contributed by atoms with van der Waals surface area (Å²) in [5, 5.41) is 13.4. The molecule has 0 bridgehead atoms. The van der Waals surface area contributed by atoms with Crippen LogP contribution < -0.4 is 10.1 Å². The van der Waals surface area contributed by atoms with E-state index >= 15 is 0 Å². The number of nitrogens with one attached hydrogen (secondary N) is 1. The molecule has 0 fully saturated rings. The number of aryl methyl sites for hydroxylation is 1. The van der Waals surface area contributed by atoms with Gasteiger partial charge in [-0.15, -0.1) is 0 Å². The molecule has 1 aromatic heterocycles. The van der Waals surface area contributed by atoms with Crippen LogP contribution >= 0.6 is 11.6 Å². The van der Waals surface area contributed by atoms with Crippen LogP contribution in [0.2, 0.25) is 5.02 Å². The van der Waals surface area contributed by atoms with Crippen molar-refractivity contribution in [2.24, 2.45) is 0 Å². The molecule has 35 heavy (non-hydrogen) atoms. The molecule has 0 saturated heterocycles. The number of ether oxygens (including phenoxy) is 1. The maximum absolute atomic E-state index is 11.2. The van der Waals surface area contributed by atoms with E-state index in [0.29, 0.717) is 23.2 Å². The molecule has 6 nitrogen and oxygen atoms in total. The van der Waals surface area contributed by atoms with Gasteiger partial charge in [0.25, 0.3) is 0 Å². The number of aromatic nitrogens is 1. The fourth-order valence-electron chi connectivity index (χ4n) is 3.81. The molecule has 1 heterocycles. The Morgan fingerprint density at radius 1 is 1.09 bits per heavy atom. The lowest BCUT2D eigenvalue weighted by molar-refractivity contribution is -0.152. The minimum atomic E-state index is -1.26. The Kier molecular flexibility index (Phi) is 7.73. The minimum Gasteiger partial charge on any atom is -0.478 e. The fraction of sp³-hybridized carbons (Fsp3) is 0.286. The third kappa shape index (κ3) is 6.41. The Hall–Kier alpha value is -3.35. The molecule has 1 atom stereocenters. The highest BCUT2D eigenvalue weighted by molar-refractivity contribution is 6.30. The summed E-state index contributed by atoms with van der Waals surface area (Å²) < 4.78 is 11.6. The number of para-hydroxylation sites is 2. The monoisotopic (exact) mass is 492 g/mol. The summed E-state index contributed by atoms with van der Waals surface area (Å²) in [6, 6.07) is 23.2. The first kappa shape index (κ1) is 24.8. The van der Waals surface area contributed by atoms with E-state index in [0.717, 1.165) is 36.0 Å². The smallest absolute Gasteiger partial charge is 0.347 e. The van der Waals surface area contributed by atoms with Gasteiger partial charge in [-0.2, -0.15) is 0 Å². The van der Waals surface area contributed by atoms with Crippen LogP contribution in [0.3, 0.4) is 0 Å². The summed E-state index contributed by atoms with van der Waals surface area (Å²) >= 11 is 6.10. The van der Waals surface area contributed by atoms with Gasteiger partial charge in [0.2, 0.25) is 5.89 Å². The molecular formula is C28H29ClN2O4. The fourth-order valence-corrected chi connectivity index (χ4v) is 3.93. The largest absolute Gasteiger partial charge is 0.478 e. The van der Waals surface area contributed by atoms with Crippen LogP contribution in [-0.2, 0) is 11.2 Å². The first-order chi connectivity index (χ1) is 16.8. The van der Waals surface area contributed by atoms with E-state index in [2.05, 4.69) is 5.32 Å². The van der Waals surface area contributed by atoms with E-state index in [1.165, 1.54) is 19.4 Å². The summed E-state index contributed by atoms with van der Waals surface area (Å²) in [6.45, 7) is 4.58. The van der Waals surface area contributed by atoms with Gasteiger partial charge in [0.1, 0.15) is 11.3 Å². The number of carboxylic acids is 1. The van der Waals surface area contributed by atoms with Crippen molar-refractivity contribution < 1.29 is 19.1 Å². The molecule has 2 N–H and O–H groups in total. The van der Waals surface area contributed by atoms with Crippen molar-refractivity contribution in [3.8, 4) is 5.75 Å². The number of rotatable bonds is 11. The van der Waals surface area contributed by atoms with Crippen LogP contribution in [0.5, 0.6) is 5.75 Å². The van der Waals surface area contributed by atoms with Gasteiger partial charge in [-0.05, 0) is 80.8 Å². The predicted molar refractivity (Wildman–Crippen MR) is 137 cm³/mol. The molecule has 0 aliphatic carbocycles. The minimum absolute atomic E-state index is 0.0336. The van der Waals surface area contributed by atoms with Crippen molar-refractivity contribution >= 4 is 28.7 Å². The number of hydrogen-bond acceptors (Lipinski definition) is 5. The lowest BCUT2D eigenvalue weighted by Gasteiger charge is -2.21. The Morgan fingerprint density at radius 2 is 1.80 bits per heavy atom. The van der Waals surface area contributed by atoms with E-state index in [9.17, 15) is 9.90 Å². The summed E-state index contributed by atoms with van der Waals surface area (Å²) in [4.78, 5) is 16.0. The highest BCUT2D eigenvalue weighted by atomic mass is 35.5. The van der Waals surface area contributed by atoms with Crippen LogP contribution in [0.25, 0.3) is 11.1 Å². The number of oxazole rings is 1. The predicted octanol–water partition coefficient (Wildman–Crippen LogP) is 6.08. The summed E-state index contributed by atoms with van der Waals surface area (Å²) in [6.07, 6.45) is 1.84. The Morgan fingerprint density at radius 3 is 2.49 bits per heavy atom. The molecule has 1 unspecified atom stereocenters. The Bertz CT molecular complexity index is 1230. The van der Waals surface area contributed by atoms with Crippen LogP contribution in [0.1, 0.15) is 43.2 Å². The van der Waals surface area contributed by atoms with Gasteiger partial charge < -0.3 is 19.6 Å². The zero-order chi connectivity index (χ0) is 24.8. The molecule has 0 saturated carbocycles. The normalized spacial score (nSPS) is 12.5. The highest BCUT2D eigenvalue weighted by Gasteiger charge is 2.29. The number of carboxylic acid groups (broad SMARTS) is 1. The molecule has 0 aliphatic rings. The highest BCUT2D eigenvalue weighted by Crippen LogP contribution is 2.28. The lowest BCUT2D eigenvalue weighted by Crippen LogP contribution is -2.37. The van der Waals surface area contributed by atoms with Gasteiger partial charge in [0.05, 0.1) is 5.92 Å². The van der Waals surface area contributed by atoms with Crippen molar-refractivity contribution in [1.82, 2.24) is 10.3 Å². The Balaban J connectivity index is 1.33. The second kappa shape index (κ2) is 10.9. The molecule has 182 valence electrons. The van der Waals surface area contributed by atoms with Gasteiger partial charge in [0.15, 0.2) is 11.2 Å². The van der Waals surface area contributed by atoms with E-state index in [1.54, 1.807) is 0 Å². The number of hydrogen-bond donors (Lipinski definition) is 2. The van der Waals surface area contributed by atoms with E-state index in [4.69, 9.17) is 25.7 Å². The van der Waals surface area contributed by atoms with Crippen molar-refractivity contribution in [1.29, 1.82) is 0 Å². The molecule has 0 radical (unpaired) electrons. The van der Waals surface area contributed by atoms with Crippen molar-refractivity contribution in [3.63, 3.8) is 0 Å². The summed E-state index contributed by atoms with van der Waals surface area (Å²) in [7, 11) is 0. The number of carbonyl (C=O) groups is 1. The SMILES string of the molecule is CC(C)(Oc1ccc(CCCNCC(c2ccc(Cl)cc2)c2nc3ccccc3o2)cc1)C(=O)O. The molecule has 0 aliphatic heterocycles. The lowest BCUT2D eigenvalue weighted by atomic mass is 9.99. The van der Waals surface area contributed by atoms with Gasteiger partial charge in [0, 0.05) is 11.6 Å². The van der Waals surface area contributed by atoms with Crippen molar-refractivity contribution in [2.75, 3.05) is 13.1 Å². The van der Waals surface area contributed by atoms with Crippen LogP contribution in [-0.4, -0.2) is 34.8 Å². The van der Waals surface area contributed by atoms with Crippen LogP contribution in [0.15, 0.2) is 77.2 Å². The quantitative estimate of drug-likeness (QED) is 0.247. The molecule has 4 rings (SSSR count). The number of fused-ring (bicyclic) bond motifs is 1. The number of nitrogens with zero attached hydrogens (tertiary/aromatic N) is 1. The first-order valence-electron chi connectivity index (χ1n) is 11.6. The van der Waals surface area contributed by atoms with Gasteiger partial charge in [-0.1, -0.05) is 48.0 Å². The van der Waals surface area contributed by atoms with Gasteiger partial charge in [-0.3, -0.25) is 0 Å². The summed E-state index contributed by atoms with van der Waals surface area (Å²) in [5.74, 6) is 0.195. The third-order valence-corrected chi connectivity index (χ3v) is 6.11. The number of aliphatic carboxylic acids is 1. The topological polar surface area (TPSA) is 84.6 Å². The maximum atomic E-state index is 11.2. The Labute approximate surface area is 209 Å². The molecule has 7 heteroatoms. The van der Waals surface area contributed by atoms with Crippen LogP contribution in [0, 0.1) is 0 Å². The summed E-state index contributed by atoms with van der Waals surface area (Å²) in [5.41, 5.74) is 2.62. The van der Waals surface area contributed by atoms with E-state index in [-0.39, 0.29) is 5.92 Å². The molecular weight excluding hydrogens is 464 g/mol. The van der Waals surface area contributed by atoms with Crippen molar-refractivity contribution in [3.05, 3.63) is 94.8 Å². The number of benzene rings is 3. The molecule has 4 aromatic rings. The zero-order valence-corrected chi connectivity index (χ0v) is 20.6. The molecule has 0 amide bonds. The average Bonchev–Trinajstić information content (AvgIpc) is 3.27. The third-order valence-electron chi connectivity index (χ3n) is 5.86. The second-order valence-electron chi connectivity index (χ2n) is 8.99. The first-order valence-corrected chi connectivity index (χ1v) is 12.0. The van der Waals surface area contributed by atoms with Crippen LogP contribution in [0.4, 0.5) is 0 Å². The standard InChI is InChI=1S/C28H29ClN2O4/c1-28(2,27(32)33)35-22-15-9-19(10-16-22)6-5-17-30-18-23(20-11-13-21(29)14-12-20)26-31-24-7-3-4-8-25(24)34-26/h3-4,7-16,23,30H,5-6,17-18H2,1-2H3,(H,32,33). The van der Waals surface area contributed by atoms with Crippen molar-refractivity contribution in [2.45, 2.75) is 38.2 Å². The molecule has 3 aromatic carbocycles. The van der Waals surface area contributed by atoms with Gasteiger partial charge in [-0.25, -0.2) is 9.78 Å². The average molecular weight is 493 g/mol. The molecule has 0 spiro atoms. The zero-order valence-electron chi connectivity index (χ0n) is 19.8. The van der Waals surface area contributed by atoms with E-state index in [1.807, 2.05) is 72.8 Å². The van der Waals surface area contributed by atoms with E-state index < -0.39 is 11.6 Å².